The van der Waals surface area contributed by atoms with Gasteiger partial charge in [-0.25, -0.2) is 13.2 Å². The summed E-state index contributed by atoms with van der Waals surface area (Å²) in [6.45, 7) is 1.02. The molecule has 2 fully saturated rings. The van der Waals surface area contributed by atoms with Gasteiger partial charge in [0, 0.05) is 24.9 Å². The van der Waals surface area contributed by atoms with Crippen LogP contribution in [0.3, 0.4) is 0 Å². The van der Waals surface area contributed by atoms with E-state index >= 15 is 0 Å². The van der Waals surface area contributed by atoms with Crippen LogP contribution in [0.5, 0.6) is 0 Å². The summed E-state index contributed by atoms with van der Waals surface area (Å²) in [6.07, 6.45) is 2.53. The summed E-state index contributed by atoms with van der Waals surface area (Å²) >= 11 is 1.73. The minimum atomic E-state index is -1.60. The zero-order valence-electron chi connectivity index (χ0n) is 12.6. The second-order valence-electron chi connectivity index (χ2n) is 5.83. The van der Waals surface area contributed by atoms with Crippen molar-refractivity contribution < 1.29 is 22.7 Å². The average Bonchev–Trinajstić information content (AvgIpc) is 3.23. The second-order valence-corrected chi connectivity index (χ2v) is 6.98. The molecule has 0 bridgehead atoms. The number of ether oxygens (including phenoxy) is 1. The Bertz CT molecular complexity index is 587. The summed E-state index contributed by atoms with van der Waals surface area (Å²) in [7, 11) is 0. The van der Waals surface area contributed by atoms with Gasteiger partial charge in [0.2, 0.25) is 0 Å². The number of halogens is 3. The third kappa shape index (κ3) is 3.50. The molecule has 2 heterocycles. The van der Waals surface area contributed by atoms with E-state index in [0.717, 1.165) is 42.9 Å². The second kappa shape index (κ2) is 7.13. The molecule has 0 aliphatic carbocycles. The lowest BCUT2D eigenvalue weighted by atomic mass is 10.1. The lowest BCUT2D eigenvalue weighted by molar-refractivity contribution is 0.0437. The lowest BCUT2D eigenvalue weighted by Gasteiger charge is -2.31. The zero-order valence-corrected chi connectivity index (χ0v) is 13.4. The third-order valence-electron chi connectivity index (χ3n) is 4.30. The molecule has 7 heteroatoms. The van der Waals surface area contributed by atoms with Crippen molar-refractivity contribution in [3.05, 3.63) is 35.1 Å². The molecule has 0 aromatic heterocycles. The molecule has 3 nitrogen and oxygen atoms in total. The van der Waals surface area contributed by atoms with E-state index in [9.17, 15) is 18.0 Å². The molecule has 2 atom stereocenters. The van der Waals surface area contributed by atoms with Gasteiger partial charge in [-0.15, -0.1) is 0 Å². The van der Waals surface area contributed by atoms with Crippen LogP contribution >= 0.6 is 11.8 Å². The van der Waals surface area contributed by atoms with E-state index < -0.39 is 28.9 Å². The summed E-state index contributed by atoms with van der Waals surface area (Å²) in [4.78, 5) is 14.3. The largest absolute Gasteiger partial charge is 0.376 e. The number of carbonyl (C=O) groups excluding carboxylic acids is 1. The van der Waals surface area contributed by atoms with Gasteiger partial charge in [0.15, 0.2) is 17.5 Å². The van der Waals surface area contributed by atoms with Crippen molar-refractivity contribution in [3.63, 3.8) is 0 Å². The first-order valence-electron chi connectivity index (χ1n) is 7.71. The van der Waals surface area contributed by atoms with Gasteiger partial charge >= 0.3 is 0 Å². The first-order valence-corrected chi connectivity index (χ1v) is 8.87. The number of amides is 1. The molecule has 1 aromatic rings. The standard InChI is InChI=1S/C16H18F3NO2S/c17-13-4-3-12(14(18)15(13)19)16(21)20(10-5-7-23-9-10)8-11-2-1-6-22-11/h3-4,10-11H,1-2,5-9H2/t10-,11-/m0/s1. The van der Waals surface area contributed by atoms with Gasteiger partial charge in [0.25, 0.3) is 5.91 Å². The Balaban J connectivity index is 1.85. The Hall–Kier alpha value is -1.21. The van der Waals surface area contributed by atoms with Gasteiger partial charge in [0.05, 0.1) is 11.7 Å². The average molecular weight is 345 g/mol. The summed E-state index contributed by atoms with van der Waals surface area (Å²) in [5.41, 5.74) is -0.418. The maximum absolute atomic E-state index is 14.0. The van der Waals surface area contributed by atoms with Crippen LogP contribution in [0.4, 0.5) is 13.2 Å². The molecule has 1 amide bonds. The quantitative estimate of drug-likeness (QED) is 0.785. The Labute approximate surface area is 137 Å². The fourth-order valence-electron chi connectivity index (χ4n) is 3.02. The van der Waals surface area contributed by atoms with Crippen LogP contribution < -0.4 is 0 Å². The van der Waals surface area contributed by atoms with Crippen molar-refractivity contribution in [3.8, 4) is 0 Å². The number of carbonyl (C=O) groups is 1. The van der Waals surface area contributed by atoms with Gasteiger partial charge in [-0.3, -0.25) is 4.79 Å². The van der Waals surface area contributed by atoms with Crippen LogP contribution in [-0.2, 0) is 4.74 Å². The fraction of sp³-hybridized carbons (Fsp3) is 0.562. The predicted molar refractivity (Wildman–Crippen MR) is 82.1 cm³/mol. The minimum absolute atomic E-state index is 0.0239. The highest BCUT2D eigenvalue weighted by atomic mass is 32.2. The van der Waals surface area contributed by atoms with Crippen molar-refractivity contribution in [2.75, 3.05) is 24.7 Å². The molecule has 3 rings (SSSR count). The van der Waals surface area contributed by atoms with E-state index in [0.29, 0.717) is 13.2 Å². The van der Waals surface area contributed by atoms with E-state index in [4.69, 9.17) is 4.74 Å². The van der Waals surface area contributed by atoms with Crippen molar-refractivity contribution >= 4 is 17.7 Å². The lowest BCUT2D eigenvalue weighted by Crippen LogP contribution is -2.45. The van der Waals surface area contributed by atoms with Crippen molar-refractivity contribution in [2.45, 2.75) is 31.4 Å². The summed E-state index contributed by atoms with van der Waals surface area (Å²) < 4.78 is 46.1. The highest BCUT2D eigenvalue weighted by Gasteiger charge is 2.33. The molecule has 2 saturated heterocycles. The summed E-state index contributed by atoms with van der Waals surface area (Å²) in [5, 5.41) is 0. The molecule has 1 aromatic carbocycles. The van der Waals surface area contributed by atoms with Gasteiger partial charge in [-0.2, -0.15) is 11.8 Å². The summed E-state index contributed by atoms with van der Waals surface area (Å²) in [6, 6.07) is 1.78. The molecule has 0 spiro atoms. The van der Waals surface area contributed by atoms with Gasteiger partial charge in [-0.1, -0.05) is 0 Å². The van der Waals surface area contributed by atoms with Gasteiger partial charge in [-0.05, 0) is 37.1 Å². The van der Waals surface area contributed by atoms with E-state index in [1.165, 1.54) is 0 Å². The Kier molecular flexibility index (Phi) is 5.16. The molecule has 2 aliphatic rings. The molecular formula is C16H18F3NO2S. The number of hydrogen-bond acceptors (Lipinski definition) is 3. The molecule has 2 aliphatic heterocycles. The van der Waals surface area contributed by atoms with E-state index in [2.05, 4.69) is 0 Å². The summed E-state index contributed by atoms with van der Waals surface area (Å²) in [5.74, 6) is -3.21. The molecule has 0 unspecified atom stereocenters. The maximum atomic E-state index is 14.0. The number of nitrogens with zero attached hydrogens (tertiary/aromatic N) is 1. The van der Waals surface area contributed by atoms with Crippen LogP contribution in [-0.4, -0.2) is 47.6 Å². The number of thioether (sulfide) groups is 1. The number of rotatable bonds is 4. The first-order chi connectivity index (χ1) is 11.1. The van der Waals surface area contributed by atoms with Crippen LogP contribution in [0.15, 0.2) is 12.1 Å². The fourth-order valence-corrected chi connectivity index (χ4v) is 4.24. The van der Waals surface area contributed by atoms with E-state index in [-0.39, 0.29) is 12.1 Å². The third-order valence-corrected chi connectivity index (χ3v) is 5.44. The van der Waals surface area contributed by atoms with E-state index in [1.807, 2.05) is 0 Å². The smallest absolute Gasteiger partial charge is 0.257 e. The Morgan fingerprint density at radius 3 is 2.74 bits per heavy atom. The van der Waals surface area contributed by atoms with Crippen molar-refractivity contribution in [1.29, 1.82) is 0 Å². The topological polar surface area (TPSA) is 29.5 Å². The van der Waals surface area contributed by atoms with Crippen LogP contribution in [0.1, 0.15) is 29.6 Å². The van der Waals surface area contributed by atoms with Crippen molar-refractivity contribution in [2.24, 2.45) is 0 Å². The Morgan fingerprint density at radius 1 is 1.26 bits per heavy atom. The van der Waals surface area contributed by atoms with Crippen LogP contribution in [0, 0.1) is 17.5 Å². The SMILES string of the molecule is O=C(c1ccc(F)c(F)c1F)N(C[C@@H]1CCCO1)[C@H]1CCSC1. The van der Waals surface area contributed by atoms with Crippen molar-refractivity contribution in [1.82, 2.24) is 4.90 Å². The maximum Gasteiger partial charge on any atom is 0.257 e. The highest BCUT2D eigenvalue weighted by molar-refractivity contribution is 7.99. The number of hydrogen-bond donors (Lipinski definition) is 0. The monoisotopic (exact) mass is 345 g/mol. The molecule has 23 heavy (non-hydrogen) atoms. The van der Waals surface area contributed by atoms with Crippen LogP contribution in [0.2, 0.25) is 0 Å². The van der Waals surface area contributed by atoms with E-state index in [1.54, 1.807) is 16.7 Å². The van der Waals surface area contributed by atoms with Gasteiger partial charge in [0.1, 0.15) is 0 Å². The molecule has 126 valence electrons. The minimum Gasteiger partial charge on any atom is -0.376 e. The molecular weight excluding hydrogens is 327 g/mol. The first kappa shape index (κ1) is 16.6. The molecule has 0 N–H and O–H groups in total. The number of benzene rings is 1. The van der Waals surface area contributed by atoms with Gasteiger partial charge < -0.3 is 9.64 Å². The normalized spacial score (nSPS) is 24.1. The van der Waals surface area contributed by atoms with Crippen LogP contribution in [0.25, 0.3) is 0 Å². The predicted octanol–water partition coefficient (Wildman–Crippen LogP) is 3.23. The zero-order chi connectivity index (χ0) is 16.4. The molecule has 0 radical (unpaired) electrons. The highest BCUT2D eigenvalue weighted by Crippen LogP contribution is 2.27. The Morgan fingerprint density at radius 2 is 2.09 bits per heavy atom. The molecule has 0 saturated carbocycles.